The first-order valence-electron chi connectivity index (χ1n) is 6.24. The van der Waals surface area contributed by atoms with Crippen LogP contribution in [0, 0.1) is 6.92 Å². The first kappa shape index (κ1) is 13.2. The topological polar surface area (TPSA) is 49.3 Å². The Morgan fingerprint density at radius 2 is 2.11 bits per heavy atom. The van der Waals surface area contributed by atoms with E-state index < -0.39 is 0 Å². The lowest BCUT2D eigenvalue weighted by Crippen LogP contribution is -2.48. The van der Waals surface area contributed by atoms with Crippen molar-refractivity contribution in [3.05, 3.63) is 29.3 Å². The summed E-state index contributed by atoms with van der Waals surface area (Å²) in [5.41, 5.74) is 1.13. The smallest absolute Gasteiger partial charge is 0.252 e. The number of amides is 1. The van der Waals surface area contributed by atoms with Crippen LogP contribution in [0.4, 0.5) is 0 Å². The number of carbonyl (C=O) groups excluding carboxylic acids is 1. The van der Waals surface area contributed by atoms with E-state index in [1.807, 2.05) is 6.92 Å². The van der Waals surface area contributed by atoms with E-state index in [9.17, 15) is 9.90 Å². The van der Waals surface area contributed by atoms with Gasteiger partial charge in [0.2, 0.25) is 0 Å². The minimum Gasteiger partial charge on any atom is -0.508 e. The molecule has 2 N–H and O–H groups in total. The maximum Gasteiger partial charge on any atom is 0.252 e. The Hall–Kier alpha value is -1.22. The molecule has 3 nitrogen and oxygen atoms in total. The number of aromatic hydroxyl groups is 1. The zero-order valence-electron chi connectivity index (χ0n) is 10.5. The molecule has 0 aromatic heterocycles. The molecule has 1 aliphatic carbocycles. The van der Waals surface area contributed by atoms with Crippen LogP contribution in [0.1, 0.15) is 41.6 Å². The fourth-order valence-corrected chi connectivity index (χ4v) is 2.89. The molecule has 0 spiro atoms. The van der Waals surface area contributed by atoms with E-state index >= 15 is 0 Å². The van der Waals surface area contributed by atoms with Crippen molar-refractivity contribution in [2.75, 3.05) is 5.88 Å². The normalized spacial score (nSPS) is 17.7. The molecule has 2 rings (SSSR count). The molecular formula is C14H18ClNO2. The molecule has 1 aliphatic rings. The molecule has 0 atom stereocenters. The van der Waals surface area contributed by atoms with Gasteiger partial charge in [0.25, 0.3) is 5.91 Å². The van der Waals surface area contributed by atoms with Crippen LogP contribution in [-0.2, 0) is 0 Å². The van der Waals surface area contributed by atoms with E-state index in [1.54, 1.807) is 12.1 Å². The van der Waals surface area contributed by atoms with Gasteiger partial charge in [-0.25, -0.2) is 0 Å². The molecule has 1 fully saturated rings. The molecule has 0 saturated heterocycles. The van der Waals surface area contributed by atoms with Gasteiger partial charge >= 0.3 is 0 Å². The number of phenolic OH excluding ortho intramolecular Hbond substituents is 1. The van der Waals surface area contributed by atoms with Gasteiger partial charge in [-0.2, -0.15) is 0 Å². The van der Waals surface area contributed by atoms with Crippen molar-refractivity contribution in [2.24, 2.45) is 0 Å². The predicted octanol–water partition coefficient (Wildman–Crippen LogP) is 2.98. The number of rotatable bonds is 3. The summed E-state index contributed by atoms with van der Waals surface area (Å²) >= 11 is 6.01. The van der Waals surface area contributed by atoms with Crippen LogP contribution in [0.2, 0.25) is 0 Å². The number of alkyl halides is 1. The molecular weight excluding hydrogens is 250 g/mol. The Labute approximate surface area is 112 Å². The third-order valence-electron chi connectivity index (χ3n) is 3.65. The highest BCUT2D eigenvalue weighted by molar-refractivity contribution is 6.19. The molecule has 1 aromatic rings. The molecule has 0 aliphatic heterocycles. The van der Waals surface area contributed by atoms with Gasteiger partial charge in [-0.3, -0.25) is 4.79 Å². The Balaban J connectivity index is 2.16. The molecule has 98 valence electrons. The van der Waals surface area contributed by atoms with Crippen LogP contribution in [0.5, 0.6) is 5.75 Å². The van der Waals surface area contributed by atoms with Crippen LogP contribution in [-0.4, -0.2) is 22.4 Å². The zero-order valence-corrected chi connectivity index (χ0v) is 11.3. The molecule has 1 amide bonds. The summed E-state index contributed by atoms with van der Waals surface area (Å²) in [5.74, 6) is 0.530. The second kappa shape index (κ2) is 5.19. The van der Waals surface area contributed by atoms with Crippen molar-refractivity contribution in [1.29, 1.82) is 0 Å². The molecule has 0 heterocycles. The Bertz CT molecular complexity index is 453. The van der Waals surface area contributed by atoms with E-state index in [-0.39, 0.29) is 17.2 Å². The average Bonchev–Trinajstić information content (AvgIpc) is 2.78. The van der Waals surface area contributed by atoms with E-state index in [0.717, 1.165) is 31.2 Å². The second-order valence-electron chi connectivity index (χ2n) is 5.07. The fourth-order valence-electron chi connectivity index (χ4n) is 2.55. The van der Waals surface area contributed by atoms with Crippen LogP contribution in [0.3, 0.4) is 0 Å². The maximum absolute atomic E-state index is 12.2. The van der Waals surface area contributed by atoms with Crippen LogP contribution in [0.15, 0.2) is 18.2 Å². The minimum atomic E-state index is -0.247. The third-order valence-corrected chi connectivity index (χ3v) is 4.16. The summed E-state index contributed by atoms with van der Waals surface area (Å²) in [6.45, 7) is 1.82. The first-order chi connectivity index (χ1) is 8.56. The summed E-state index contributed by atoms with van der Waals surface area (Å²) in [6.07, 6.45) is 4.11. The lowest BCUT2D eigenvalue weighted by Gasteiger charge is -2.28. The third kappa shape index (κ3) is 2.61. The number of carbonyl (C=O) groups is 1. The van der Waals surface area contributed by atoms with Gasteiger partial charge < -0.3 is 10.4 Å². The van der Waals surface area contributed by atoms with Gasteiger partial charge in [-0.1, -0.05) is 12.8 Å². The van der Waals surface area contributed by atoms with Gasteiger partial charge in [0.05, 0.1) is 5.54 Å². The van der Waals surface area contributed by atoms with Crippen molar-refractivity contribution in [3.63, 3.8) is 0 Å². The average molecular weight is 268 g/mol. The molecule has 0 unspecified atom stereocenters. The zero-order chi connectivity index (χ0) is 13.2. The number of halogens is 1. The monoisotopic (exact) mass is 267 g/mol. The van der Waals surface area contributed by atoms with E-state index in [1.165, 1.54) is 6.07 Å². The van der Waals surface area contributed by atoms with Crippen LogP contribution < -0.4 is 5.32 Å². The van der Waals surface area contributed by atoms with Gasteiger partial charge in [-0.15, -0.1) is 11.6 Å². The highest BCUT2D eigenvalue weighted by Gasteiger charge is 2.34. The number of benzene rings is 1. The lowest BCUT2D eigenvalue weighted by atomic mass is 9.98. The van der Waals surface area contributed by atoms with Crippen LogP contribution in [0.25, 0.3) is 0 Å². The molecule has 18 heavy (non-hydrogen) atoms. The highest BCUT2D eigenvalue weighted by Crippen LogP contribution is 2.31. The van der Waals surface area contributed by atoms with Crippen molar-refractivity contribution in [2.45, 2.75) is 38.1 Å². The van der Waals surface area contributed by atoms with E-state index in [4.69, 9.17) is 11.6 Å². The summed E-state index contributed by atoms with van der Waals surface area (Å²) in [6, 6.07) is 4.78. The first-order valence-corrected chi connectivity index (χ1v) is 6.78. The summed E-state index contributed by atoms with van der Waals surface area (Å²) in [7, 11) is 0. The highest BCUT2D eigenvalue weighted by atomic mass is 35.5. The van der Waals surface area contributed by atoms with Crippen molar-refractivity contribution < 1.29 is 9.90 Å². The quantitative estimate of drug-likeness (QED) is 0.827. The summed E-state index contributed by atoms with van der Waals surface area (Å²) in [4.78, 5) is 12.2. The van der Waals surface area contributed by atoms with Crippen molar-refractivity contribution in [1.82, 2.24) is 5.32 Å². The number of phenols is 1. The van der Waals surface area contributed by atoms with Crippen molar-refractivity contribution >= 4 is 17.5 Å². The molecule has 1 aromatic carbocycles. The molecule has 0 radical (unpaired) electrons. The largest absolute Gasteiger partial charge is 0.508 e. The van der Waals surface area contributed by atoms with E-state index in [2.05, 4.69) is 5.32 Å². The van der Waals surface area contributed by atoms with Crippen molar-refractivity contribution in [3.8, 4) is 5.75 Å². The minimum absolute atomic E-state index is 0.102. The number of nitrogens with one attached hydrogen (secondary N) is 1. The number of hydrogen-bond acceptors (Lipinski definition) is 2. The Kier molecular flexibility index (Phi) is 3.81. The Morgan fingerprint density at radius 1 is 1.44 bits per heavy atom. The van der Waals surface area contributed by atoms with Gasteiger partial charge in [-0.05, 0) is 43.5 Å². The SMILES string of the molecule is Cc1cc(O)ccc1C(=O)NC1(CCl)CCCC1. The summed E-state index contributed by atoms with van der Waals surface area (Å²) in [5, 5.41) is 12.4. The van der Waals surface area contributed by atoms with Crippen LogP contribution >= 0.6 is 11.6 Å². The van der Waals surface area contributed by atoms with Gasteiger partial charge in [0, 0.05) is 11.4 Å². The standard InChI is InChI=1S/C14H18ClNO2/c1-10-8-11(17)4-5-12(10)13(18)16-14(9-15)6-2-3-7-14/h4-5,8,17H,2-3,6-7,9H2,1H3,(H,16,18). The maximum atomic E-state index is 12.2. The number of hydrogen-bond donors (Lipinski definition) is 2. The van der Waals surface area contributed by atoms with E-state index in [0.29, 0.717) is 11.4 Å². The molecule has 0 bridgehead atoms. The molecule has 1 saturated carbocycles. The number of aryl methyl sites for hydroxylation is 1. The second-order valence-corrected chi connectivity index (χ2v) is 5.34. The fraction of sp³-hybridized carbons (Fsp3) is 0.500. The molecule has 4 heteroatoms. The van der Waals surface area contributed by atoms with Gasteiger partial charge in [0.1, 0.15) is 5.75 Å². The Morgan fingerprint density at radius 3 is 2.67 bits per heavy atom. The summed E-state index contributed by atoms with van der Waals surface area (Å²) < 4.78 is 0. The van der Waals surface area contributed by atoms with Gasteiger partial charge in [0.15, 0.2) is 0 Å². The lowest BCUT2D eigenvalue weighted by molar-refractivity contribution is 0.0908. The predicted molar refractivity (Wildman–Crippen MR) is 72.2 cm³/mol.